The van der Waals surface area contributed by atoms with Crippen LogP contribution in [0.1, 0.15) is 32.5 Å². The average molecular weight is 207 g/mol. The molecule has 0 saturated carbocycles. The molecule has 2 heterocycles. The second-order valence-electron chi connectivity index (χ2n) is 4.81. The summed E-state index contributed by atoms with van der Waals surface area (Å²) in [6.45, 7) is 7.08. The van der Waals surface area contributed by atoms with Gasteiger partial charge >= 0.3 is 0 Å². The van der Waals surface area contributed by atoms with Crippen LogP contribution < -0.4 is 0 Å². The highest BCUT2D eigenvalue weighted by atomic mass is 15.1. The lowest BCUT2D eigenvalue weighted by Gasteiger charge is -2.34. The van der Waals surface area contributed by atoms with Gasteiger partial charge in [0.15, 0.2) is 0 Å². The van der Waals surface area contributed by atoms with E-state index in [1.165, 1.54) is 25.9 Å². The van der Waals surface area contributed by atoms with Gasteiger partial charge in [0.05, 0.1) is 0 Å². The number of rotatable bonds is 3. The van der Waals surface area contributed by atoms with Crippen molar-refractivity contribution in [3.63, 3.8) is 0 Å². The van der Waals surface area contributed by atoms with Crippen LogP contribution in [-0.4, -0.2) is 34.0 Å². The van der Waals surface area contributed by atoms with E-state index in [-0.39, 0.29) is 0 Å². The highest BCUT2D eigenvalue weighted by Gasteiger charge is 2.21. The first-order valence-electron chi connectivity index (χ1n) is 5.98. The van der Waals surface area contributed by atoms with Crippen molar-refractivity contribution in [3.8, 4) is 0 Å². The summed E-state index contributed by atoms with van der Waals surface area (Å²) in [5.74, 6) is 1.98. The predicted octanol–water partition coefficient (Wildman–Crippen LogP) is 2.07. The smallest absolute Gasteiger partial charge is 0.106 e. The summed E-state index contributed by atoms with van der Waals surface area (Å²) in [6.07, 6.45) is 7.52. The third kappa shape index (κ3) is 2.81. The van der Waals surface area contributed by atoms with Gasteiger partial charge in [0.25, 0.3) is 0 Å². The summed E-state index contributed by atoms with van der Waals surface area (Å²) in [6, 6.07) is 0.703. The molecule has 3 nitrogen and oxygen atoms in total. The van der Waals surface area contributed by atoms with Gasteiger partial charge in [-0.1, -0.05) is 0 Å². The Bertz CT molecular complexity index is 271. The average Bonchev–Trinajstić information content (AvgIpc) is 2.71. The molecule has 1 aromatic rings. The fraction of sp³-hybridized carbons (Fsp3) is 0.750. The third-order valence-corrected chi connectivity index (χ3v) is 3.42. The molecule has 1 aromatic heterocycles. The van der Waals surface area contributed by atoms with Gasteiger partial charge in [-0.15, -0.1) is 0 Å². The molecule has 0 radical (unpaired) electrons. The van der Waals surface area contributed by atoms with Crippen molar-refractivity contribution in [1.29, 1.82) is 0 Å². The minimum absolute atomic E-state index is 0.703. The number of aromatic amines is 1. The van der Waals surface area contributed by atoms with Crippen LogP contribution in [0.5, 0.6) is 0 Å². The maximum Gasteiger partial charge on any atom is 0.106 e. The van der Waals surface area contributed by atoms with Crippen LogP contribution in [0, 0.1) is 5.92 Å². The lowest BCUT2D eigenvalue weighted by molar-refractivity contribution is 0.148. The molecule has 0 bridgehead atoms. The standard InChI is InChI=1S/C12H21N3/c1-10(2)15-7-3-11(4-8-15)9-12-13-5-6-14-12/h5-6,10-11H,3-4,7-9H2,1-2H3,(H,13,14). The topological polar surface area (TPSA) is 31.9 Å². The molecule has 3 heteroatoms. The Morgan fingerprint density at radius 3 is 2.73 bits per heavy atom. The molecule has 15 heavy (non-hydrogen) atoms. The van der Waals surface area contributed by atoms with Crippen LogP contribution in [0.3, 0.4) is 0 Å². The zero-order valence-corrected chi connectivity index (χ0v) is 9.74. The Morgan fingerprint density at radius 1 is 1.47 bits per heavy atom. The van der Waals surface area contributed by atoms with Crippen molar-refractivity contribution in [2.24, 2.45) is 5.92 Å². The molecule has 0 atom stereocenters. The van der Waals surface area contributed by atoms with Crippen molar-refractivity contribution >= 4 is 0 Å². The second kappa shape index (κ2) is 4.79. The van der Waals surface area contributed by atoms with E-state index in [2.05, 4.69) is 28.7 Å². The minimum Gasteiger partial charge on any atom is -0.349 e. The monoisotopic (exact) mass is 207 g/mol. The number of imidazole rings is 1. The number of aromatic nitrogens is 2. The maximum absolute atomic E-state index is 4.30. The first-order valence-corrected chi connectivity index (χ1v) is 5.98. The van der Waals surface area contributed by atoms with E-state index >= 15 is 0 Å². The van der Waals surface area contributed by atoms with Crippen molar-refractivity contribution in [3.05, 3.63) is 18.2 Å². The van der Waals surface area contributed by atoms with Crippen molar-refractivity contribution in [1.82, 2.24) is 14.9 Å². The number of hydrogen-bond acceptors (Lipinski definition) is 2. The summed E-state index contributed by atoms with van der Waals surface area (Å²) in [4.78, 5) is 10.1. The number of likely N-dealkylation sites (tertiary alicyclic amines) is 1. The fourth-order valence-corrected chi connectivity index (χ4v) is 2.36. The summed E-state index contributed by atoms with van der Waals surface area (Å²) in [5, 5.41) is 0. The van der Waals surface area contributed by atoms with Crippen LogP contribution in [0.4, 0.5) is 0 Å². The number of piperidine rings is 1. The van der Waals surface area contributed by atoms with E-state index in [9.17, 15) is 0 Å². The highest BCUT2D eigenvalue weighted by Crippen LogP contribution is 2.21. The Labute approximate surface area is 91.9 Å². The van der Waals surface area contributed by atoms with E-state index in [4.69, 9.17) is 0 Å². The Hall–Kier alpha value is -0.830. The SMILES string of the molecule is CC(C)N1CCC(Cc2ncc[nH]2)CC1. The normalized spacial score (nSPS) is 19.9. The molecule has 2 rings (SSSR count). The Balaban J connectivity index is 1.79. The van der Waals surface area contributed by atoms with E-state index < -0.39 is 0 Å². The summed E-state index contributed by atoms with van der Waals surface area (Å²) in [5.41, 5.74) is 0. The first kappa shape index (κ1) is 10.7. The van der Waals surface area contributed by atoms with Crippen LogP contribution >= 0.6 is 0 Å². The molecule has 0 spiro atoms. The second-order valence-corrected chi connectivity index (χ2v) is 4.81. The van der Waals surface area contributed by atoms with Crippen LogP contribution in [0.2, 0.25) is 0 Å². The van der Waals surface area contributed by atoms with Gasteiger partial charge in [0.1, 0.15) is 5.82 Å². The molecular formula is C12H21N3. The molecule has 0 aliphatic carbocycles. The maximum atomic E-state index is 4.30. The third-order valence-electron chi connectivity index (χ3n) is 3.42. The van der Waals surface area contributed by atoms with E-state index in [1.807, 2.05) is 12.4 Å². The van der Waals surface area contributed by atoms with Gasteiger partial charge in [-0.25, -0.2) is 4.98 Å². The van der Waals surface area contributed by atoms with Gasteiger partial charge in [-0.05, 0) is 45.7 Å². The fourth-order valence-electron chi connectivity index (χ4n) is 2.36. The molecule has 0 unspecified atom stereocenters. The molecule has 84 valence electrons. The zero-order chi connectivity index (χ0) is 10.7. The quantitative estimate of drug-likeness (QED) is 0.823. The zero-order valence-electron chi connectivity index (χ0n) is 9.74. The molecular weight excluding hydrogens is 186 g/mol. The lowest BCUT2D eigenvalue weighted by atomic mass is 9.93. The number of H-pyrrole nitrogens is 1. The van der Waals surface area contributed by atoms with Crippen LogP contribution in [0.15, 0.2) is 12.4 Å². The van der Waals surface area contributed by atoms with Crippen molar-refractivity contribution in [2.45, 2.75) is 39.2 Å². The van der Waals surface area contributed by atoms with E-state index in [0.29, 0.717) is 6.04 Å². The molecule has 0 amide bonds. The predicted molar refractivity (Wildman–Crippen MR) is 61.7 cm³/mol. The molecule has 1 fully saturated rings. The van der Waals surface area contributed by atoms with Crippen LogP contribution in [0.25, 0.3) is 0 Å². The number of hydrogen-bond donors (Lipinski definition) is 1. The summed E-state index contributed by atoms with van der Waals surface area (Å²) < 4.78 is 0. The number of nitrogens with zero attached hydrogens (tertiary/aromatic N) is 2. The number of nitrogens with one attached hydrogen (secondary N) is 1. The Kier molecular flexibility index (Phi) is 3.41. The van der Waals surface area contributed by atoms with Crippen LogP contribution in [-0.2, 0) is 6.42 Å². The largest absolute Gasteiger partial charge is 0.349 e. The van der Waals surface area contributed by atoms with Gasteiger partial charge in [0, 0.05) is 24.9 Å². The summed E-state index contributed by atoms with van der Waals surface area (Å²) in [7, 11) is 0. The molecule has 1 aliphatic rings. The lowest BCUT2D eigenvalue weighted by Crippen LogP contribution is -2.38. The summed E-state index contributed by atoms with van der Waals surface area (Å²) >= 11 is 0. The molecule has 1 N–H and O–H groups in total. The highest BCUT2D eigenvalue weighted by molar-refractivity contribution is 4.90. The molecule has 0 aromatic carbocycles. The van der Waals surface area contributed by atoms with Gasteiger partial charge in [-0.2, -0.15) is 0 Å². The van der Waals surface area contributed by atoms with E-state index in [0.717, 1.165) is 18.2 Å². The van der Waals surface area contributed by atoms with Gasteiger partial charge in [-0.3, -0.25) is 0 Å². The van der Waals surface area contributed by atoms with Crippen molar-refractivity contribution < 1.29 is 0 Å². The Morgan fingerprint density at radius 2 is 2.20 bits per heavy atom. The molecule has 1 aliphatic heterocycles. The van der Waals surface area contributed by atoms with Gasteiger partial charge in [0.2, 0.25) is 0 Å². The first-order chi connectivity index (χ1) is 7.25. The van der Waals surface area contributed by atoms with Crippen molar-refractivity contribution in [2.75, 3.05) is 13.1 Å². The molecule has 1 saturated heterocycles. The van der Waals surface area contributed by atoms with E-state index in [1.54, 1.807) is 0 Å². The van der Waals surface area contributed by atoms with Gasteiger partial charge < -0.3 is 9.88 Å². The minimum atomic E-state index is 0.703.